The number of ether oxygens (including phenoxy) is 1. The Balaban J connectivity index is 1.89. The monoisotopic (exact) mass is 369 g/mol. The number of hydrogen-bond acceptors (Lipinski definition) is 4. The number of hydrogen-bond donors (Lipinski definition) is 0. The van der Waals surface area contributed by atoms with Crippen molar-refractivity contribution in [2.45, 2.75) is 33.2 Å². The van der Waals surface area contributed by atoms with Gasteiger partial charge < -0.3 is 14.2 Å². The first-order valence-electron chi connectivity index (χ1n) is 8.95. The van der Waals surface area contributed by atoms with Crippen molar-refractivity contribution in [2.75, 3.05) is 18.6 Å². The van der Waals surface area contributed by atoms with E-state index in [-0.39, 0.29) is 0 Å². The molecule has 0 N–H and O–H groups in total. The van der Waals surface area contributed by atoms with Gasteiger partial charge in [0.2, 0.25) is 11.8 Å². The van der Waals surface area contributed by atoms with Gasteiger partial charge in [-0.05, 0) is 43.9 Å². The molecule has 0 unspecified atom stereocenters. The van der Waals surface area contributed by atoms with Gasteiger partial charge in [-0.3, -0.25) is 0 Å². The maximum absolute atomic E-state index is 6.48. The highest BCUT2D eigenvalue weighted by molar-refractivity contribution is 6.35. The van der Waals surface area contributed by atoms with Gasteiger partial charge in [0.1, 0.15) is 5.52 Å². The molecular weight excluding hydrogens is 348 g/mol. The lowest BCUT2D eigenvalue weighted by Crippen LogP contribution is -2.29. The van der Waals surface area contributed by atoms with Gasteiger partial charge in [-0.1, -0.05) is 24.6 Å². The van der Waals surface area contributed by atoms with E-state index in [0.29, 0.717) is 10.9 Å². The van der Waals surface area contributed by atoms with E-state index in [1.807, 2.05) is 19.1 Å². The molecule has 3 heterocycles. The number of benzene rings is 1. The van der Waals surface area contributed by atoms with Gasteiger partial charge in [-0.2, -0.15) is 0 Å². The molecule has 26 heavy (non-hydrogen) atoms. The van der Waals surface area contributed by atoms with Crippen molar-refractivity contribution in [3.63, 3.8) is 0 Å². The molecule has 0 bridgehead atoms. The third-order valence-corrected chi connectivity index (χ3v) is 5.12. The number of pyridine rings is 1. The molecule has 4 rings (SSSR count). The normalized spacial score (nSPS) is 13.9. The topological polar surface area (TPSA) is 43.2 Å². The Labute approximate surface area is 158 Å². The fourth-order valence-corrected chi connectivity index (χ4v) is 3.86. The van der Waals surface area contributed by atoms with Crippen LogP contribution in [0.2, 0.25) is 5.02 Å². The summed E-state index contributed by atoms with van der Waals surface area (Å²) in [5.41, 5.74) is 5.17. The molecule has 6 heteroatoms. The molecule has 1 aromatic carbocycles. The summed E-state index contributed by atoms with van der Waals surface area (Å²) in [7, 11) is 1.63. The first kappa shape index (κ1) is 17.2. The number of aromatic nitrogens is 3. The molecule has 0 fully saturated rings. The molecule has 0 amide bonds. The lowest BCUT2D eigenvalue weighted by atomic mass is 10.1. The molecule has 0 spiro atoms. The van der Waals surface area contributed by atoms with Crippen LogP contribution in [0.4, 0.5) is 11.6 Å². The number of rotatable bonds is 4. The highest BCUT2D eigenvalue weighted by Gasteiger charge is 2.26. The van der Waals surface area contributed by atoms with E-state index in [2.05, 4.69) is 39.9 Å². The van der Waals surface area contributed by atoms with Crippen LogP contribution >= 0.6 is 11.6 Å². The Morgan fingerprint density at radius 2 is 2.04 bits per heavy atom. The van der Waals surface area contributed by atoms with Gasteiger partial charge in [0.05, 0.1) is 29.0 Å². The van der Waals surface area contributed by atoms with Gasteiger partial charge in [0.15, 0.2) is 0 Å². The Morgan fingerprint density at radius 3 is 2.77 bits per heavy atom. The van der Waals surface area contributed by atoms with Crippen molar-refractivity contribution in [1.29, 1.82) is 0 Å². The van der Waals surface area contributed by atoms with Crippen molar-refractivity contribution in [1.82, 2.24) is 14.5 Å². The minimum Gasteiger partial charge on any atom is -0.481 e. The number of nitrogens with zero attached hydrogens (tertiary/aromatic N) is 4. The van der Waals surface area contributed by atoms with Crippen molar-refractivity contribution >= 4 is 34.3 Å². The SMILES string of the molecule is CC[CH]c1ccc(Cl)c2nc3n(c12)CCCN3c1ccc(OC)nc1C. The van der Waals surface area contributed by atoms with E-state index >= 15 is 0 Å². The molecule has 1 aliphatic rings. The second kappa shape index (κ2) is 6.80. The van der Waals surface area contributed by atoms with Crippen LogP contribution in [0.5, 0.6) is 5.88 Å². The minimum absolute atomic E-state index is 0.625. The largest absolute Gasteiger partial charge is 0.481 e. The highest BCUT2D eigenvalue weighted by atomic mass is 35.5. The van der Waals surface area contributed by atoms with Crippen LogP contribution in [-0.4, -0.2) is 28.2 Å². The van der Waals surface area contributed by atoms with Gasteiger partial charge in [0, 0.05) is 19.2 Å². The molecule has 1 aliphatic heterocycles. The summed E-state index contributed by atoms with van der Waals surface area (Å²) in [5, 5.41) is 0.694. The zero-order valence-electron chi connectivity index (χ0n) is 15.3. The summed E-state index contributed by atoms with van der Waals surface area (Å²) in [5.74, 6) is 1.56. The van der Waals surface area contributed by atoms with E-state index < -0.39 is 0 Å². The molecule has 1 radical (unpaired) electrons. The zero-order chi connectivity index (χ0) is 18.3. The average Bonchev–Trinajstić information content (AvgIpc) is 3.05. The van der Waals surface area contributed by atoms with E-state index in [9.17, 15) is 0 Å². The quantitative estimate of drug-likeness (QED) is 0.655. The first-order valence-corrected chi connectivity index (χ1v) is 9.33. The summed E-state index contributed by atoms with van der Waals surface area (Å²) in [6.07, 6.45) is 4.25. The van der Waals surface area contributed by atoms with Crippen LogP contribution in [-0.2, 0) is 6.54 Å². The third kappa shape index (κ3) is 2.71. The highest BCUT2D eigenvalue weighted by Crippen LogP contribution is 2.37. The minimum atomic E-state index is 0.625. The maximum atomic E-state index is 6.48. The molecule has 2 aromatic heterocycles. The van der Waals surface area contributed by atoms with E-state index in [4.69, 9.17) is 21.3 Å². The number of halogens is 1. The predicted molar refractivity (Wildman–Crippen MR) is 106 cm³/mol. The van der Waals surface area contributed by atoms with Gasteiger partial charge in [0.25, 0.3) is 0 Å². The maximum Gasteiger partial charge on any atom is 0.213 e. The van der Waals surface area contributed by atoms with Crippen LogP contribution < -0.4 is 9.64 Å². The van der Waals surface area contributed by atoms with Crippen molar-refractivity contribution in [3.05, 3.63) is 47.0 Å². The molecule has 3 aromatic rings. The Kier molecular flexibility index (Phi) is 4.49. The second-order valence-electron chi connectivity index (χ2n) is 6.47. The van der Waals surface area contributed by atoms with Gasteiger partial charge in [-0.15, -0.1) is 0 Å². The fraction of sp³-hybridized carbons (Fsp3) is 0.350. The number of anilines is 2. The standard InChI is InChI=1S/C20H22ClN4O/c1-4-6-14-7-8-15(21)18-19(14)25-12-5-11-24(20(25)23-18)16-9-10-17(26-3)22-13(16)2/h6-10H,4-5,11-12H2,1-3H3. The predicted octanol–water partition coefficient (Wildman–Crippen LogP) is 4.91. The summed E-state index contributed by atoms with van der Waals surface area (Å²) in [6.45, 7) is 5.99. The van der Waals surface area contributed by atoms with Gasteiger partial charge in [-0.25, -0.2) is 9.97 Å². The first-order chi connectivity index (χ1) is 12.6. The summed E-state index contributed by atoms with van der Waals surface area (Å²) >= 11 is 6.48. The number of methoxy groups -OCH3 is 1. The second-order valence-corrected chi connectivity index (χ2v) is 6.88. The molecule has 5 nitrogen and oxygen atoms in total. The fourth-order valence-electron chi connectivity index (χ4n) is 3.67. The van der Waals surface area contributed by atoms with Crippen LogP contribution in [0.15, 0.2) is 24.3 Å². The van der Waals surface area contributed by atoms with Gasteiger partial charge >= 0.3 is 0 Å². The molecule has 135 valence electrons. The molecule has 0 saturated heterocycles. The molecule has 0 aliphatic carbocycles. The van der Waals surface area contributed by atoms with Crippen LogP contribution in [0, 0.1) is 13.3 Å². The Morgan fingerprint density at radius 1 is 1.19 bits per heavy atom. The lowest BCUT2D eigenvalue weighted by molar-refractivity contribution is 0.397. The Hall–Kier alpha value is -2.27. The smallest absolute Gasteiger partial charge is 0.213 e. The number of fused-ring (bicyclic) bond motifs is 3. The van der Waals surface area contributed by atoms with E-state index in [1.165, 1.54) is 5.56 Å². The third-order valence-electron chi connectivity index (χ3n) is 4.82. The van der Waals surface area contributed by atoms with Crippen molar-refractivity contribution in [3.8, 4) is 5.88 Å². The van der Waals surface area contributed by atoms with Crippen molar-refractivity contribution in [2.24, 2.45) is 0 Å². The summed E-state index contributed by atoms with van der Waals surface area (Å²) in [4.78, 5) is 11.7. The zero-order valence-corrected chi connectivity index (χ0v) is 16.0. The summed E-state index contributed by atoms with van der Waals surface area (Å²) < 4.78 is 7.53. The lowest BCUT2D eigenvalue weighted by Gasteiger charge is -2.30. The average molecular weight is 370 g/mol. The Bertz CT molecular complexity index is 966. The molecule has 0 saturated carbocycles. The summed E-state index contributed by atoms with van der Waals surface area (Å²) in [6, 6.07) is 7.97. The molecule has 0 atom stereocenters. The van der Waals surface area contributed by atoms with Crippen LogP contribution in [0.25, 0.3) is 11.0 Å². The van der Waals surface area contributed by atoms with E-state index in [1.54, 1.807) is 7.11 Å². The number of imidazole rings is 1. The molecular formula is C20H22ClN4O. The van der Waals surface area contributed by atoms with Crippen molar-refractivity contribution < 1.29 is 4.74 Å². The van der Waals surface area contributed by atoms with Crippen LogP contribution in [0.1, 0.15) is 31.0 Å². The van der Waals surface area contributed by atoms with Crippen LogP contribution in [0.3, 0.4) is 0 Å². The number of aryl methyl sites for hydroxylation is 2. The van der Waals surface area contributed by atoms with E-state index in [0.717, 1.165) is 54.3 Å².